The SMILES string of the molecule is c1ccc(N(c2ccc(C3CCCCCC3)cc2)c2ccc3cc4c(cc3c2)-c2cc3ccc(-n5c6ccccc6c6ccccc65)cc3cc2-4)cc1. The van der Waals surface area contributed by atoms with Crippen molar-refractivity contribution in [1.82, 2.24) is 4.57 Å². The van der Waals surface area contributed by atoms with Gasteiger partial charge in [0.15, 0.2) is 0 Å². The molecule has 11 rings (SSSR count). The quantitative estimate of drug-likeness (QED) is 0.164. The molecule has 0 spiro atoms. The summed E-state index contributed by atoms with van der Waals surface area (Å²) >= 11 is 0. The largest absolute Gasteiger partial charge is 0.310 e. The molecule has 2 aliphatic rings. The molecule has 9 aromatic rings. The van der Waals surface area contributed by atoms with Crippen LogP contribution in [0.3, 0.4) is 0 Å². The highest BCUT2D eigenvalue weighted by molar-refractivity contribution is 6.13. The van der Waals surface area contributed by atoms with E-state index in [9.17, 15) is 0 Å². The molecule has 1 heterocycles. The minimum atomic E-state index is 0.692. The molecule has 0 N–H and O–H groups in total. The van der Waals surface area contributed by atoms with Crippen LogP contribution in [-0.2, 0) is 0 Å². The minimum Gasteiger partial charge on any atom is -0.310 e. The van der Waals surface area contributed by atoms with Crippen molar-refractivity contribution in [3.8, 4) is 27.9 Å². The number of para-hydroxylation sites is 3. The maximum atomic E-state index is 2.41. The predicted molar refractivity (Wildman–Crippen MR) is 225 cm³/mol. The summed E-state index contributed by atoms with van der Waals surface area (Å²) in [5.41, 5.74) is 14.1. The van der Waals surface area contributed by atoms with Crippen LogP contribution in [0.4, 0.5) is 17.1 Å². The Morgan fingerprint density at radius 3 is 1.55 bits per heavy atom. The van der Waals surface area contributed by atoms with Crippen molar-refractivity contribution >= 4 is 60.4 Å². The maximum absolute atomic E-state index is 2.41. The molecule has 1 fully saturated rings. The molecule has 1 saturated carbocycles. The lowest BCUT2D eigenvalue weighted by Gasteiger charge is -2.28. The van der Waals surface area contributed by atoms with Gasteiger partial charge < -0.3 is 9.47 Å². The average molecular weight is 681 g/mol. The fourth-order valence-corrected chi connectivity index (χ4v) is 9.41. The van der Waals surface area contributed by atoms with E-state index in [0.717, 1.165) is 0 Å². The van der Waals surface area contributed by atoms with Crippen molar-refractivity contribution in [2.24, 2.45) is 0 Å². The summed E-state index contributed by atoms with van der Waals surface area (Å²) in [6.45, 7) is 0. The summed E-state index contributed by atoms with van der Waals surface area (Å²) in [5, 5.41) is 7.67. The van der Waals surface area contributed by atoms with Gasteiger partial charge in [-0.3, -0.25) is 0 Å². The van der Waals surface area contributed by atoms with Crippen molar-refractivity contribution in [1.29, 1.82) is 0 Å². The predicted octanol–water partition coefficient (Wildman–Crippen LogP) is 14.6. The lowest BCUT2D eigenvalue weighted by molar-refractivity contribution is 0.592. The van der Waals surface area contributed by atoms with Gasteiger partial charge in [-0.25, -0.2) is 0 Å². The Labute approximate surface area is 310 Å². The number of hydrogen-bond acceptors (Lipinski definition) is 1. The summed E-state index contributed by atoms with van der Waals surface area (Å²) in [4.78, 5) is 2.41. The van der Waals surface area contributed by atoms with Crippen LogP contribution < -0.4 is 4.90 Å². The molecule has 0 aliphatic heterocycles. The monoisotopic (exact) mass is 680 g/mol. The van der Waals surface area contributed by atoms with E-state index < -0.39 is 0 Å². The first-order valence-electron chi connectivity index (χ1n) is 19.4. The fraction of sp³-hybridized carbons (Fsp3) is 0.137. The Bertz CT molecular complexity index is 2780. The Balaban J connectivity index is 0.962. The molecule has 0 bridgehead atoms. The van der Waals surface area contributed by atoms with Gasteiger partial charge in [0.2, 0.25) is 0 Å². The first-order valence-corrected chi connectivity index (χ1v) is 19.4. The van der Waals surface area contributed by atoms with Crippen molar-refractivity contribution in [3.05, 3.63) is 169 Å². The molecular weight excluding hydrogens is 641 g/mol. The summed E-state index contributed by atoms with van der Waals surface area (Å²) < 4.78 is 2.41. The van der Waals surface area contributed by atoms with Gasteiger partial charge in [-0.2, -0.15) is 0 Å². The van der Waals surface area contributed by atoms with Crippen LogP contribution in [0.25, 0.3) is 71.3 Å². The molecule has 8 aromatic carbocycles. The molecule has 0 radical (unpaired) electrons. The van der Waals surface area contributed by atoms with E-state index in [4.69, 9.17) is 0 Å². The van der Waals surface area contributed by atoms with Crippen molar-refractivity contribution in [3.63, 3.8) is 0 Å². The highest BCUT2D eigenvalue weighted by atomic mass is 15.1. The van der Waals surface area contributed by atoms with E-state index in [1.54, 1.807) is 0 Å². The summed E-state index contributed by atoms with van der Waals surface area (Å²) in [6.07, 6.45) is 8.12. The van der Waals surface area contributed by atoms with E-state index >= 15 is 0 Å². The standard InChI is InChI=1S/C51H40N2/c1-2-5-13-34(12-4-1)35-20-24-41(25-21-35)52(40-14-6-3-7-15-40)42-26-22-36-30-46-48(32-38(36)28-42)47-31-37-23-27-43(29-39(37)33-49(46)47)53-50-18-10-8-16-44(50)45-17-9-11-19-51(45)53/h3,6-11,14-34H,1-2,4-5,12-13H2. The topological polar surface area (TPSA) is 8.17 Å². The van der Waals surface area contributed by atoms with Crippen LogP contribution in [0.2, 0.25) is 0 Å². The van der Waals surface area contributed by atoms with E-state index in [1.165, 1.54) is 132 Å². The number of rotatable bonds is 5. The smallest absolute Gasteiger partial charge is 0.0541 e. The number of fused-ring (bicyclic) bond motifs is 9. The number of aromatic nitrogens is 1. The van der Waals surface area contributed by atoms with Crippen LogP contribution in [0, 0.1) is 0 Å². The molecule has 0 saturated heterocycles. The normalized spacial score (nSPS) is 14.3. The molecule has 2 heteroatoms. The molecule has 1 aromatic heterocycles. The Hall–Kier alpha value is -6.12. The third-order valence-electron chi connectivity index (χ3n) is 12.1. The van der Waals surface area contributed by atoms with Crippen LogP contribution in [0.15, 0.2) is 164 Å². The second-order valence-electron chi connectivity index (χ2n) is 15.2. The van der Waals surface area contributed by atoms with Gasteiger partial charge in [0.25, 0.3) is 0 Å². The molecule has 254 valence electrons. The zero-order chi connectivity index (χ0) is 34.9. The highest BCUT2D eigenvalue weighted by Crippen LogP contribution is 2.51. The van der Waals surface area contributed by atoms with E-state index in [1.807, 2.05) is 0 Å². The number of hydrogen-bond donors (Lipinski definition) is 0. The van der Waals surface area contributed by atoms with Crippen LogP contribution >= 0.6 is 0 Å². The second kappa shape index (κ2) is 12.2. The molecule has 0 amide bonds. The molecule has 0 atom stereocenters. The minimum absolute atomic E-state index is 0.692. The van der Waals surface area contributed by atoms with Crippen molar-refractivity contribution in [2.45, 2.75) is 44.4 Å². The second-order valence-corrected chi connectivity index (χ2v) is 15.2. The first kappa shape index (κ1) is 30.5. The van der Waals surface area contributed by atoms with Gasteiger partial charge in [-0.1, -0.05) is 105 Å². The first-order chi connectivity index (χ1) is 26.3. The average Bonchev–Trinajstić information content (AvgIpc) is 3.32. The number of nitrogens with zero attached hydrogens (tertiary/aromatic N) is 2. The van der Waals surface area contributed by atoms with Crippen molar-refractivity contribution < 1.29 is 0 Å². The summed E-state index contributed by atoms with van der Waals surface area (Å²) in [7, 11) is 0. The molecular formula is C51H40N2. The molecule has 2 aliphatic carbocycles. The Kier molecular flexibility index (Phi) is 7.05. The van der Waals surface area contributed by atoms with Crippen molar-refractivity contribution in [2.75, 3.05) is 4.90 Å². The van der Waals surface area contributed by atoms with Gasteiger partial charge >= 0.3 is 0 Å². The van der Waals surface area contributed by atoms with Crippen LogP contribution in [-0.4, -0.2) is 4.57 Å². The van der Waals surface area contributed by atoms with Crippen LogP contribution in [0.5, 0.6) is 0 Å². The lowest BCUT2D eigenvalue weighted by Crippen LogP contribution is -2.10. The van der Waals surface area contributed by atoms with Gasteiger partial charge in [0.1, 0.15) is 0 Å². The highest BCUT2D eigenvalue weighted by Gasteiger charge is 2.25. The summed E-state index contributed by atoms with van der Waals surface area (Å²) in [5.74, 6) is 0.692. The Morgan fingerprint density at radius 2 is 0.906 bits per heavy atom. The third kappa shape index (κ3) is 5.00. The molecule has 0 unspecified atom stereocenters. The molecule has 53 heavy (non-hydrogen) atoms. The maximum Gasteiger partial charge on any atom is 0.0541 e. The van der Waals surface area contributed by atoms with Gasteiger partial charge in [0.05, 0.1) is 11.0 Å². The molecule has 2 nitrogen and oxygen atoms in total. The fourth-order valence-electron chi connectivity index (χ4n) is 9.41. The van der Waals surface area contributed by atoms with Gasteiger partial charge in [0, 0.05) is 33.5 Å². The summed E-state index contributed by atoms with van der Waals surface area (Å²) in [6, 6.07) is 61.3. The van der Waals surface area contributed by atoms with Gasteiger partial charge in [-0.15, -0.1) is 0 Å². The van der Waals surface area contributed by atoms with E-state index in [-0.39, 0.29) is 0 Å². The lowest BCUT2D eigenvalue weighted by atomic mass is 9.78. The number of anilines is 3. The van der Waals surface area contributed by atoms with Gasteiger partial charge in [-0.05, 0) is 153 Å². The third-order valence-corrected chi connectivity index (χ3v) is 12.1. The Morgan fingerprint density at radius 1 is 0.396 bits per heavy atom. The van der Waals surface area contributed by atoms with E-state index in [0.29, 0.717) is 5.92 Å². The number of benzene rings is 8. The van der Waals surface area contributed by atoms with E-state index in [2.05, 4.69) is 173 Å². The zero-order valence-electron chi connectivity index (χ0n) is 29.8. The van der Waals surface area contributed by atoms with Crippen LogP contribution in [0.1, 0.15) is 50.0 Å². The zero-order valence-corrected chi connectivity index (χ0v) is 29.8.